The molecule has 0 aliphatic carbocycles. The van der Waals surface area contributed by atoms with E-state index in [0.717, 1.165) is 11.2 Å². The van der Waals surface area contributed by atoms with Gasteiger partial charge in [-0.05, 0) is 29.2 Å². The van der Waals surface area contributed by atoms with Gasteiger partial charge in [-0.1, -0.05) is 45.0 Å². The quantitative estimate of drug-likeness (QED) is 0.437. The van der Waals surface area contributed by atoms with Crippen LogP contribution in [0.1, 0.15) is 26.3 Å². The number of rotatable bonds is 0. The number of hydrogen-bond acceptors (Lipinski definition) is 1. The van der Waals surface area contributed by atoms with E-state index in [9.17, 15) is 0 Å². The van der Waals surface area contributed by atoms with Crippen LogP contribution in [0.4, 0.5) is 0 Å². The Balaban J connectivity index is 0.00000120. The summed E-state index contributed by atoms with van der Waals surface area (Å²) in [7, 11) is 0. The minimum atomic E-state index is 0. The maximum Gasteiger partial charge on any atom is 0.135 e. The molecule has 0 saturated heterocycles. The molecule has 2 aromatic carbocycles. The van der Waals surface area contributed by atoms with E-state index in [1.54, 1.807) is 0 Å². The van der Waals surface area contributed by atoms with Crippen molar-refractivity contribution in [1.82, 2.24) is 0 Å². The maximum absolute atomic E-state index is 5.82. The van der Waals surface area contributed by atoms with E-state index >= 15 is 0 Å². The predicted molar refractivity (Wildman–Crippen MR) is 72.4 cm³/mol. The zero-order valence-electron chi connectivity index (χ0n) is 11.2. The van der Waals surface area contributed by atoms with Gasteiger partial charge in [-0.25, -0.2) is 0 Å². The van der Waals surface area contributed by atoms with Gasteiger partial charge < -0.3 is 4.42 Å². The molecule has 0 unspecified atom stereocenters. The second-order valence-corrected chi connectivity index (χ2v) is 5.56. The Morgan fingerprint density at radius 3 is 2.22 bits per heavy atom. The van der Waals surface area contributed by atoms with Gasteiger partial charge in [0, 0.05) is 10.8 Å². The molecule has 0 N–H and O–H groups in total. The largest absolute Gasteiger partial charge is 0.456 e. The predicted octanol–water partition coefficient (Wildman–Crippen LogP) is 4.88. The van der Waals surface area contributed by atoms with Crippen molar-refractivity contribution >= 4 is 21.9 Å². The van der Waals surface area contributed by atoms with Crippen LogP contribution in [-0.4, -0.2) is 0 Å². The topological polar surface area (TPSA) is 13.1 Å². The first-order chi connectivity index (χ1) is 8.05. The molecule has 0 aliphatic heterocycles. The number of fused-ring (bicyclic) bond motifs is 3. The van der Waals surface area contributed by atoms with Crippen LogP contribution < -0.4 is 0 Å². The molecule has 0 amide bonds. The molecule has 2 heteroatoms. The van der Waals surface area contributed by atoms with Gasteiger partial charge in [0.15, 0.2) is 0 Å². The van der Waals surface area contributed by atoms with Crippen molar-refractivity contribution in [2.45, 2.75) is 26.2 Å². The average molecular weight is 491 g/mol. The summed E-state index contributed by atoms with van der Waals surface area (Å²) in [6.07, 6.45) is 0. The number of para-hydroxylation sites is 1. The molecule has 3 rings (SSSR count). The maximum atomic E-state index is 5.82. The molecule has 0 radical (unpaired) electrons. The summed E-state index contributed by atoms with van der Waals surface area (Å²) in [6.45, 7) is 6.70. The summed E-state index contributed by atoms with van der Waals surface area (Å²) >= 11 is 0. The molecule has 18 heavy (non-hydrogen) atoms. The Bertz CT molecular complexity index is 689. The van der Waals surface area contributed by atoms with E-state index in [1.807, 2.05) is 12.1 Å². The second-order valence-electron chi connectivity index (χ2n) is 5.56. The van der Waals surface area contributed by atoms with Crippen LogP contribution >= 0.6 is 0 Å². The van der Waals surface area contributed by atoms with Gasteiger partial charge in [-0.3, -0.25) is 0 Å². The van der Waals surface area contributed by atoms with E-state index in [-0.39, 0.29) is 5.41 Å². The van der Waals surface area contributed by atoms with Crippen LogP contribution in [0.3, 0.4) is 0 Å². The summed E-state index contributed by atoms with van der Waals surface area (Å²) < 4.78 is 5.82. The molecule has 3 aromatic rings. The SMILES string of the molecule is CC(C)(C)c1ccc2oc3ccccc3c2c1.[Rf]. The summed E-state index contributed by atoms with van der Waals surface area (Å²) in [6, 6.07) is 14.7. The van der Waals surface area contributed by atoms with Crippen molar-refractivity contribution in [1.29, 1.82) is 0 Å². The third kappa shape index (κ3) is 1.60. The van der Waals surface area contributed by atoms with Crippen molar-refractivity contribution in [2.75, 3.05) is 0 Å². The molecule has 1 aromatic heterocycles. The van der Waals surface area contributed by atoms with Crippen LogP contribution in [0, 0.1) is 0 Å². The molecule has 88 valence electrons. The van der Waals surface area contributed by atoms with Crippen molar-refractivity contribution in [2.24, 2.45) is 0 Å². The van der Waals surface area contributed by atoms with E-state index in [1.165, 1.54) is 16.3 Å². The second kappa shape index (κ2) is 3.63. The normalized spacial score (nSPS) is 11.7. The van der Waals surface area contributed by atoms with Gasteiger partial charge in [0.25, 0.3) is 0 Å². The zero-order chi connectivity index (χ0) is 12.0. The number of furan rings is 1. The fraction of sp³-hybridized carbons (Fsp3) is 0.250. The fourth-order valence-corrected chi connectivity index (χ4v) is 2.19. The van der Waals surface area contributed by atoms with Crippen molar-refractivity contribution < 1.29 is 4.42 Å². The Morgan fingerprint density at radius 2 is 1.50 bits per heavy atom. The van der Waals surface area contributed by atoms with Gasteiger partial charge in [0.05, 0.1) is 0 Å². The summed E-state index contributed by atoms with van der Waals surface area (Å²) in [5.41, 5.74) is 3.45. The van der Waals surface area contributed by atoms with Crippen LogP contribution in [-0.2, 0) is 5.41 Å². The van der Waals surface area contributed by atoms with E-state index in [2.05, 4.69) is 51.1 Å². The molecule has 0 aliphatic rings. The number of hydrogen-bond donors (Lipinski definition) is 0. The van der Waals surface area contributed by atoms with Gasteiger partial charge in [0.1, 0.15) is 11.2 Å². The molecule has 0 bridgehead atoms. The van der Waals surface area contributed by atoms with E-state index in [0.29, 0.717) is 0 Å². The Hall–Kier alpha value is -2.76. The Labute approximate surface area is 101 Å². The van der Waals surface area contributed by atoms with Gasteiger partial charge in [0.2, 0.25) is 0 Å². The van der Waals surface area contributed by atoms with Crippen LogP contribution in [0.5, 0.6) is 0 Å². The van der Waals surface area contributed by atoms with Crippen molar-refractivity contribution in [3.63, 3.8) is 0 Å². The third-order valence-corrected chi connectivity index (χ3v) is 3.24. The summed E-state index contributed by atoms with van der Waals surface area (Å²) in [4.78, 5) is 0. The monoisotopic (exact) mass is 491 g/mol. The van der Waals surface area contributed by atoms with Crippen LogP contribution in [0.2, 0.25) is 0 Å². The minimum Gasteiger partial charge on any atom is -0.456 e. The first kappa shape index (κ1) is 11.7. The smallest absolute Gasteiger partial charge is 0.135 e. The van der Waals surface area contributed by atoms with Crippen molar-refractivity contribution in [3.05, 3.63) is 48.0 Å². The average Bonchev–Trinajstić information content (AvgIpc) is 2.65. The zero-order valence-corrected chi connectivity index (χ0v) is 17.6. The molecular formula is C16H16ORf. The molecular weight excluding hydrogens is 475 g/mol. The molecule has 0 fully saturated rings. The van der Waals surface area contributed by atoms with E-state index < -0.39 is 0 Å². The fourth-order valence-electron chi connectivity index (χ4n) is 2.19. The first-order valence-corrected chi connectivity index (χ1v) is 5.97. The molecule has 1 nitrogen and oxygen atoms in total. The van der Waals surface area contributed by atoms with Gasteiger partial charge >= 0.3 is 0 Å². The van der Waals surface area contributed by atoms with Crippen LogP contribution in [0.15, 0.2) is 46.9 Å². The molecule has 0 spiro atoms. The molecule has 0 saturated carbocycles. The first-order valence-electron chi connectivity index (χ1n) is 5.97. The Morgan fingerprint density at radius 1 is 0.833 bits per heavy atom. The molecule has 1 heterocycles. The molecule has 0 atom stereocenters. The Kier molecular flexibility index (Phi) is 2.36. The van der Waals surface area contributed by atoms with Crippen molar-refractivity contribution in [3.8, 4) is 0 Å². The van der Waals surface area contributed by atoms with Gasteiger partial charge in [-0.2, -0.15) is 0 Å². The van der Waals surface area contributed by atoms with Gasteiger partial charge in [-0.15, -0.1) is 0 Å². The van der Waals surface area contributed by atoms with E-state index in [4.69, 9.17) is 4.42 Å². The third-order valence-electron chi connectivity index (χ3n) is 3.24. The number of benzene rings is 2. The minimum absolute atomic E-state index is 0. The summed E-state index contributed by atoms with van der Waals surface area (Å²) in [5, 5.41) is 2.42. The summed E-state index contributed by atoms with van der Waals surface area (Å²) in [5.74, 6) is 0. The van der Waals surface area contributed by atoms with Crippen LogP contribution in [0.25, 0.3) is 21.9 Å². The standard InChI is InChI=1S/C16H16O.Rf/c1-16(2,3)11-8-9-15-13(10-11)12-6-4-5-7-14(12)17-15;/h4-10H,1-3H3;.